The van der Waals surface area contributed by atoms with E-state index in [1.165, 1.54) is 17.4 Å². The number of H-pyrrole nitrogens is 1. The average Bonchev–Trinajstić information content (AvgIpc) is 2.77. The third-order valence-corrected chi connectivity index (χ3v) is 5.03. The van der Waals surface area contributed by atoms with Gasteiger partial charge in [-0.25, -0.2) is 13.4 Å². The van der Waals surface area contributed by atoms with Gasteiger partial charge in [0, 0.05) is 12.1 Å². The molecule has 0 bridgehead atoms. The first-order valence-corrected chi connectivity index (χ1v) is 7.73. The van der Waals surface area contributed by atoms with Gasteiger partial charge in [-0.1, -0.05) is 17.7 Å². The summed E-state index contributed by atoms with van der Waals surface area (Å²) in [5.41, 5.74) is 0.646. The van der Waals surface area contributed by atoms with Gasteiger partial charge in [-0.05, 0) is 31.5 Å². The lowest BCUT2D eigenvalue weighted by molar-refractivity contribution is 0.456. The van der Waals surface area contributed by atoms with Crippen LogP contribution >= 0.6 is 11.6 Å². The molecule has 1 aromatic heterocycles. The minimum absolute atomic E-state index is 0.0959. The van der Waals surface area contributed by atoms with Crippen LogP contribution < -0.4 is 0 Å². The first-order chi connectivity index (χ1) is 9.30. The van der Waals surface area contributed by atoms with Crippen molar-refractivity contribution >= 4 is 21.6 Å². The molecule has 0 unspecified atom stereocenters. The van der Waals surface area contributed by atoms with Crippen molar-refractivity contribution in [3.8, 4) is 0 Å². The third kappa shape index (κ3) is 3.00. The molecule has 0 saturated heterocycles. The van der Waals surface area contributed by atoms with Crippen LogP contribution in [0.25, 0.3) is 0 Å². The summed E-state index contributed by atoms with van der Waals surface area (Å²) in [5, 5.41) is 7.00. The maximum Gasteiger partial charge on any atom is 0.243 e. The van der Waals surface area contributed by atoms with Gasteiger partial charge in [-0.2, -0.15) is 9.40 Å². The highest BCUT2D eigenvalue weighted by atomic mass is 35.5. The van der Waals surface area contributed by atoms with Crippen LogP contribution in [0.5, 0.6) is 0 Å². The van der Waals surface area contributed by atoms with Gasteiger partial charge in [0.15, 0.2) is 5.82 Å². The van der Waals surface area contributed by atoms with E-state index in [1.807, 2.05) is 0 Å². The molecule has 0 aliphatic carbocycles. The van der Waals surface area contributed by atoms with E-state index in [2.05, 4.69) is 15.2 Å². The highest BCUT2D eigenvalue weighted by Crippen LogP contribution is 2.23. The first kappa shape index (κ1) is 15.0. The average molecular weight is 315 g/mol. The Morgan fingerprint density at radius 1 is 1.35 bits per heavy atom. The summed E-state index contributed by atoms with van der Waals surface area (Å²) in [6.07, 6.45) is 0. The fourth-order valence-corrected chi connectivity index (χ4v) is 3.37. The van der Waals surface area contributed by atoms with E-state index >= 15 is 0 Å². The molecule has 0 aliphatic rings. The number of halogens is 1. The van der Waals surface area contributed by atoms with Crippen molar-refractivity contribution in [2.45, 2.75) is 25.3 Å². The Balaban J connectivity index is 2.32. The molecule has 1 N–H and O–H groups in total. The predicted molar refractivity (Wildman–Crippen MR) is 76.0 cm³/mol. The van der Waals surface area contributed by atoms with Crippen LogP contribution in [0.4, 0.5) is 0 Å². The lowest BCUT2D eigenvalue weighted by Crippen LogP contribution is -2.27. The number of sulfonamides is 1. The fourth-order valence-electron chi connectivity index (χ4n) is 1.76. The van der Waals surface area contributed by atoms with Crippen LogP contribution in [0.15, 0.2) is 23.1 Å². The zero-order chi connectivity index (χ0) is 14.9. The van der Waals surface area contributed by atoms with Crippen molar-refractivity contribution in [2.24, 2.45) is 0 Å². The van der Waals surface area contributed by atoms with Gasteiger partial charge < -0.3 is 0 Å². The first-order valence-electron chi connectivity index (χ1n) is 5.91. The van der Waals surface area contributed by atoms with E-state index in [1.54, 1.807) is 26.0 Å². The van der Waals surface area contributed by atoms with Crippen LogP contribution in [0.1, 0.15) is 17.2 Å². The number of rotatable bonds is 4. The Morgan fingerprint density at radius 3 is 2.65 bits per heavy atom. The summed E-state index contributed by atoms with van der Waals surface area (Å²) in [5.74, 6) is 1.07. The summed E-state index contributed by atoms with van der Waals surface area (Å²) in [7, 11) is -2.14. The molecule has 0 aliphatic heterocycles. The summed E-state index contributed by atoms with van der Waals surface area (Å²) < 4.78 is 26.2. The van der Waals surface area contributed by atoms with Crippen LogP contribution in [0.3, 0.4) is 0 Å². The Morgan fingerprint density at radius 2 is 2.05 bits per heavy atom. The number of benzene rings is 1. The second-order valence-corrected chi connectivity index (χ2v) is 6.96. The molecule has 1 aromatic carbocycles. The molecule has 0 radical (unpaired) electrons. The van der Waals surface area contributed by atoms with Crippen molar-refractivity contribution in [2.75, 3.05) is 7.05 Å². The number of hydrogen-bond donors (Lipinski definition) is 1. The van der Waals surface area contributed by atoms with Gasteiger partial charge in [-0.3, -0.25) is 5.10 Å². The quantitative estimate of drug-likeness (QED) is 0.934. The number of hydrogen-bond acceptors (Lipinski definition) is 4. The van der Waals surface area contributed by atoms with Gasteiger partial charge in [0.25, 0.3) is 0 Å². The van der Waals surface area contributed by atoms with Gasteiger partial charge in [-0.15, -0.1) is 0 Å². The van der Waals surface area contributed by atoms with Crippen molar-refractivity contribution in [3.05, 3.63) is 40.4 Å². The zero-order valence-electron chi connectivity index (χ0n) is 11.4. The Hall–Kier alpha value is -1.44. The molecule has 2 rings (SSSR count). The molecule has 1 heterocycles. The minimum Gasteiger partial charge on any atom is -0.263 e. The monoisotopic (exact) mass is 314 g/mol. The number of nitrogens with one attached hydrogen (secondary N) is 1. The lowest BCUT2D eigenvalue weighted by Gasteiger charge is -2.17. The topological polar surface area (TPSA) is 79.0 Å². The number of nitrogens with zero attached hydrogens (tertiary/aromatic N) is 3. The normalized spacial score (nSPS) is 12.1. The molecular formula is C12H15ClN4O2S. The van der Waals surface area contributed by atoms with Gasteiger partial charge in [0.1, 0.15) is 5.82 Å². The van der Waals surface area contributed by atoms with Crippen LogP contribution in [-0.4, -0.2) is 35.0 Å². The summed E-state index contributed by atoms with van der Waals surface area (Å²) >= 11 is 5.88. The Bertz CT molecular complexity index is 727. The van der Waals surface area contributed by atoms with E-state index in [4.69, 9.17) is 11.6 Å². The second-order valence-electron chi connectivity index (χ2n) is 4.51. The molecule has 0 spiro atoms. The van der Waals surface area contributed by atoms with Crippen LogP contribution in [0.2, 0.25) is 5.02 Å². The van der Waals surface area contributed by atoms with Crippen molar-refractivity contribution in [3.63, 3.8) is 0 Å². The third-order valence-electron chi connectivity index (χ3n) is 2.85. The Labute approximate surface area is 122 Å². The van der Waals surface area contributed by atoms with E-state index < -0.39 is 10.0 Å². The van der Waals surface area contributed by atoms with Gasteiger partial charge >= 0.3 is 0 Å². The standard InChI is InChI=1S/C12H15ClN4O2S/c1-8-4-5-10(13)6-11(8)20(18,19)17(3)7-12-14-9(2)15-16-12/h4-6H,7H2,1-3H3,(H,14,15,16). The largest absolute Gasteiger partial charge is 0.263 e. The lowest BCUT2D eigenvalue weighted by atomic mass is 10.2. The summed E-state index contributed by atoms with van der Waals surface area (Å²) in [4.78, 5) is 4.29. The molecule has 108 valence electrons. The predicted octanol–water partition coefficient (Wildman–Crippen LogP) is 1.90. The zero-order valence-corrected chi connectivity index (χ0v) is 13.0. The van der Waals surface area contributed by atoms with Crippen molar-refractivity contribution < 1.29 is 8.42 Å². The van der Waals surface area contributed by atoms with E-state index in [0.717, 1.165) is 0 Å². The van der Waals surface area contributed by atoms with E-state index in [9.17, 15) is 8.42 Å². The molecule has 6 nitrogen and oxygen atoms in total. The Kier molecular flexibility index (Phi) is 4.12. The number of aromatic amines is 1. The van der Waals surface area contributed by atoms with E-state index in [0.29, 0.717) is 22.2 Å². The molecule has 20 heavy (non-hydrogen) atoms. The van der Waals surface area contributed by atoms with Crippen molar-refractivity contribution in [1.29, 1.82) is 0 Å². The van der Waals surface area contributed by atoms with Crippen LogP contribution in [-0.2, 0) is 16.6 Å². The highest BCUT2D eigenvalue weighted by Gasteiger charge is 2.24. The molecule has 0 fully saturated rings. The maximum absolute atomic E-state index is 12.5. The summed E-state index contributed by atoms with van der Waals surface area (Å²) in [6.45, 7) is 3.58. The molecule has 2 aromatic rings. The maximum atomic E-state index is 12.5. The number of aryl methyl sites for hydroxylation is 2. The minimum atomic E-state index is -3.63. The highest BCUT2D eigenvalue weighted by molar-refractivity contribution is 7.89. The van der Waals surface area contributed by atoms with Crippen LogP contribution in [0, 0.1) is 13.8 Å². The molecule has 8 heteroatoms. The SMILES string of the molecule is Cc1nc(CN(C)S(=O)(=O)c2cc(Cl)ccc2C)n[nH]1. The smallest absolute Gasteiger partial charge is 0.243 e. The molecule has 0 saturated carbocycles. The molecule has 0 atom stereocenters. The van der Waals surface area contributed by atoms with Crippen molar-refractivity contribution in [1.82, 2.24) is 19.5 Å². The number of aromatic nitrogens is 3. The van der Waals surface area contributed by atoms with Gasteiger partial charge in [0.2, 0.25) is 10.0 Å². The molecule has 0 amide bonds. The molecular weight excluding hydrogens is 300 g/mol. The summed E-state index contributed by atoms with van der Waals surface area (Å²) in [6, 6.07) is 4.79. The van der Waals surface area contributed by atoms with Gasteiger partial charge in [0.05, 0.1) is 11.4 Å². The second kappa shape index (κ2) is 5.51. The van der Waals surface area contributed by atoms with E-state index in [-0.39, 0.29) is 11.4 Å². The fraction of sp³-hybridized carbons (Fsp3) is 0.333.